The van der Waals surface area contributed by atoms with Gasteiger partial charge in [-0.05, 0) is 35.8 Å². The molecule has 104 valence electrons. The minimum Gasteiger partial charge on any atom is -0.298 e. The Morgan fingerprint density at radius 1 is 1.32 bits per heavy atom. The van der Waals surface area contributed by atoms with Gasteiger partial charge < -0.3 is 0 Å². The van der Waals surface area contributed by atoms with E-state index in [1.54, 1.807) is 0 Å². The third kappa shape index (κ3) is 3.46. The van der Waals surface area contributed by atoms with E-state index in [1.165, 1.54) is 44.1 Å². The average Bonchev–Trinajstić information content (AvgIpc) is 2.47. The Labute approximate surface area is 117 Å². The van der Waals surface area contributed by atoms with Crippen LogP contribution in [-0.2, 0) is 0 Å². The van der Waals surface area contributed by atoms with Crippen LogP contribution in [0.3, 0.4) is 0 Å². The molecule has 1 fully saturated rings. The molecule has 0 N–H and O–H groups in total. The van der Waals surface area contributed by atoms with Crippen molar-refractivity contribution in [2.75, 3.05) is 0 Å². The fraction of sp³-hybridized carbons (Fsp3) is 0.611. The second kappa shape index (κ2) is 6.88. The van der Waals surface area contributed by atoms with E-state index in [2.05, 4.69) is 26.0 Å². The molecule has 0 saturated heterocycles. The lowest BCUT2D eigenvalue weighted by molar-refractivity contribution is 0.112. The van der Waals surface area contributed by atoms with Gasteiger partial charge in [0.1, 0.15) is 6.29 Å². The molecule has 1 aromatic carbocycles. The lowest BCUT2D eigenvalue weighted by atomic mass is 9.69. The van der Waals surface area contributed by atoms with E-state index < -0.39 is 0 Å². The Hall–Kier alpha value is -1.11. The van der Waals surface area contributed by atoms with Gasteiger partial charge >= 0.3 is 0 Å². The second-order valence-corrected chi connectivity index (χ2v) is 6.07. The largest absolute Gasteiger partial charge is 0.298 e. The summed E-state index contributed by atoms with van der Waals surface area (Å²) in [5.74, 6) is 2.26. The topological polar surface area (TPSA) is 17.1 Å². The highest BCUT2D eigenvalue weighted by Crippen LogP contribution is 2.41. The summed E-state index contributed by atoms with van der Waals surface area (Å²) in [4.78, 5) is 10.9. The van der Waals surface area contributed by atoms with Crippen molar-refractivity contribution in [2.45, 2.75) is 58.3 Å². The number of carbonyl (C=O) groups excluding carboxylic acids is 1. The maximum Gasteiger partial charge on any atom is 0.150 e. The first kappa shape index (κ1) is 14.3. The van der Waals surface area contributed by atoms with Crippen LogP contribution in [0.5, 0.6) is 0 Å². The van der Waals surface area contributed by atoms with Crippen LogP contribution in [0.4, 0.5) is 0 Å². The Morgan fingerprint density at radius 2 is 2.11 bits per heavy atom. The summed E-state index contributed by atoms with van der Waals surface area (Å²) in [5.41, 5.74) is 2.16. The molecule has 3 atom stereocenters. The maximum absolute atomic E-state index is 10.9. The quantitative estimate of drug-likeness (QED) is 0.663. The van der Waals surface area contributed by atoms with Crippen LogP contribution in [-0.4, -0.2) is 6.29 Å². The fourth-order valence-electron chi connectivity index (χ4n) is 3.79. The van der Waals surface area contributed by atoms with Crippen LogP contribution in [0, 0.1) is 11.8 Å². The van der Waals surface area contributed by atoms with Gasteiger partial charge in [-0.1, -0.05) is 64.2 Å². The van der Waals surface area contributed by atoms with E-state index in [0.29, 0.717) is 5.92 Å². The zero-order chi connectivity index (χ0) is 13.7. The second-order valence-electron chi connectivity index (χ2n) is 6.07. The van der Waals surface area contributed by atoms with Crippen LogP contribution < -0.4 is 0 Å². The molecule has 0 heterocycles. The van der Waals surface area contributed by atoms with Crippen molar-refractivity contribution in [3.8, 4) is 0 Å². The van der Waals surface area contributed by atoms with E-state index in [-0.39, 0.29) is 0 Å². The van der Waals surface area contributed by atoms with Crippen molar-refractivity contribution in [3.63, 3.8) is 0 Å². The van der Waals surface area contributed by atoms with E-state index in [9.17, 15) is 4.79 Å². The van der Waals surface area contributed by atoms with Crippen molar-refractivity contribution in [1.82, 2.24) is 0 Å². The number of hydrogen-bond donors (Lipinski definition) is 0. The van der Waals surface area contributed by atoms with Crippen LogP contribution in [0.25, 0.3) is 0 Å². The van der Waals surface area contributed by atoms with Crippen molar-refractivity contribution >= 4 is 6.29 Å². The van der Waals surface area contributed by atoms with Gasteiger partial charge in [0, 0.05) is 5.56 Å². The highest BCUT2D eigenvalue weighted by molar-refractivity contribution is 5.75. The molecule has 1 nitrogen and oxygen atoms in total. The first-order valence-electron chi connectivity index (χ1n) is 7.81. The predicted molar refractivity (Wildman–Crippen MR) is 80.6 cm³/mol. The fourth-order valence-corrected chi connectivity index (χ4v) is 3.79. The van der Waals surface area contributed by atoms with Crippen molar-refractivity contribution in [3.05, 3.63) is 35.4 Å². The lowest BCUT2D eigenvalue weighted by Crippen LogP contribution is -2.24. The molecular formula is C18H26O. The smallest absolute Gasteiger partial charge is 0.150 e. The number of aldehydes is 1. The number of rotatable bonds is 5. The normalized spacial score (nSPS) is 24.9. The Kier molecular flexibility index (Phi) is 5.18. The van der Waals surface area contributed by atoms with Gasteiger partial charge in [-0.2, -0.15) is 0 Å². The third-order valence-electron chi connectivity index (χ3n) is 4.84. The molecule has 0 spiro atoms. The Bertz CT molecular complexity index is 408. The first-order chi connectivity index (χ1) is 9.26. The molecule has 1 saturated carbocycles. The van der Waals surface area contributed by atoms with Crippen LogP contribution in [0.2, 0.25) is 0 Å². The standard InChI is InChI=1S/C18H26O/c1-3-7-16-9-4-5-11-18(16)14(2)17-10-6-8-15(12-17)13-19/h6,8,10,12-14,16,18H,3-5,7,9,11H2,1-2H3. The number of carbonyl (C=O) groups is 1. The number of hydrogen-bond acceptors (Lipinski definition) is 1. The Morgan fingerprint density at radius 3 is 2.84 bits per heavy atom. The minimum atomic E-state index is 0.580. The Balaban J connectivity index is 2.15. The summed E-state index contributed by atoms with van der Waals surface area (Å²) >= 11 is 0. The summed E-state index contributed by atoms with van der Waals surface area (Å²) in [6.45, 7) is 4.64. The van der Waals surface area contributed by atoms with Gasteiger partial charge in [-0.25, -0.2) is 0 Å². The highest BCUT2D eigenvalue weighted by atomic mass is 16.1. The molecule has 0 amide bonds. The van der Waals surface area contributed by atoms with Crippen molar-refractivity contribution < 1.29 is 4.79 Å². The molecule has 1 aliphatic carbocycles. The zero-order valence-corrected chi connectivity index (χ0v) is 12.3. The molecule has 0 aromatic heterocycles. The van der Waals surface area contributed by atoms with Crippen LogP contribution in [0.1, 0.15) is 74.2 Å². The minimum absolute atomic E-state index is 0.580. The van der Waals surface area contributed by atoms with Gasteiger partial charge in [0.05, 0.1) is 0 Å². The van der Waals surface area contributed by atoms with E-state index in [4.69, 9.17) is 0 Å². The molecule has 0 aliphatic heterocycles. The molecule has 0 bridgehead atoms. The van der Waals surface area contributed by atoms with E-state index in [1.807, 2.05) is 12.1 Å². The zero-order valence-electron chi connectivity index (χ0n) is 12.3. The summed E-state index contributed by atoms with van der Waals surface area (Å²) in [7, 11) is 0. The SMILES string of the molecule is CCCC1CCCCC1C(C)c1cccc(C=O)c1. The molecule has 1 aliphatic rings. The van der Waals surface area contributed by atoms with Crippen LogP contribution >= 0.6 is 0 Å². The predicted octanol–water partition coefficient (Wildman–Crippen LogP) is 5.21. The molecular weight excluding hydrogens is 232 g/mol. The summed E-state index contributed by atoms with van der Waals surface area (Å²) in [6, 6.07) is 8.19. The van der Waals surface area contributed by atoms with Crippen LogP contribution in [0.15, 0.2) is 24.3 Å². The number of benzene rings is 1. The molecule has 0 radical (unpaired) electrons. The van der Waals surface area contributed by atoms with Gasteiger partial charge in [0.15, 0.2) is 0 Å². The summed E-state index contributed by atoms with van der Waals surface area (Å²) in [6.07, 6.45) is 9.16. The van der Waals surface area contributed by atoms with Gasteiger partial charge in [-0.3, -0.25) is 4.79 Å². The first-order valence-corrected chi connectivity index (χ1v) is 7.81. The van der Waals surface area contributed by atoms with E-state index >= 15 is 0 Å². The molecule has 1 aromatic rings. The van der Waals surface area contributed by atoms with E-state index in [0.717, 1.165) is 23.7 Å². The molecule has 2 rings (SSSR count). The van der Waals surface area contributed by atoms with Crippen molar-refractivity contribution in [1.29, 1.82) is 0 Å². The lowest BCUT2D eigenvalue weighted by Gasteiger charge is -2.36. The third-order valence-corrected chi connectivity index (χ3v) is 4.84. The summed E-state index contributed by atoms with van der Waals surface area (Å²) < 4.78 is 0. The molecule has 19 heavy (non-hydrogen) atoms. The maximum atomic E-state index is 10.9. The van der Waals surface area contributed by atoms with Gasteiger partial charge in [0.2, 0.25) is 0 Å². The molecule has 3 unspecified atom stereocenters. The van der Waals surface area contributed by atoms with Gasteiger partial charge in [-0.15, -0.1) is 0 Å². The monoisotopic (exact) mass is 258 g/mol. The average molecular weight is 258 g/mol. The highest BCUT2D eigenvalue weighted by Gasteiger charge is 2.29. The van der Waals surface area contributed by atoms with Crippen molar-refractivity contribution in [2.24, 2.45) is 11.8 Å². The molecule has 1 heteroatoms. The van der Waals surface area contributed by atoms with Gasteiger partial charge in [0.25, 0.3) is 0 Å². The summed E-state index contributed by atoms with van der Waals surface area (Å²) in [5, 5.41) is 0.